The average Bonchev–Trinajstić information content (AvgIpc) is 3.45. The van der Waals surface area contributed by atoms with E-state index in [2.05, 4.69) is 92.4 Å². The molecule has 4 heteroatoms. The monoisotopic (exact) mass is 572 g/mol. The number of anilines is 2. The normalized spacial score (nSPS) is 17.5. The molecule has 0 bridgehead atoms. The molecule has 0 radical (unpaired) electrons. The van der Waals surface area contributed by atoms with Crippen molar-refractivity contribution in [2.24, 2.45) is 5.73 Å². The van der Waals surface area contributed by atoms with Gasteiger partial charge in [0, 0.05) is 22.4 Å². The highest BCUT2D eigenvalue weighted by Crippen LogP contribution is 2.54. The van der Waals surface area contributed by atoms with Gasteiger partial charge in [0.15, 0.2) is 0 Å². The first-order valence-corrected chi connectivity index (χ1v) is 15.1. The van der Waals surface area contributed by atoms with Crippen LogP contribution in [-0.4, -0.2) is 6.04 Å². The van der Waals surface area contributed by atoms with E-state index in [4.69, 9.17) is 10.2 Å². The zero-order valence-corrected chi connectivity index (χ0v) is 25.0. The smallest absolute Gasteiger partial charge is 0.200 e. The van der Waals surface area contributed by atoms with E-state index in [0.717, 1.165) is 16.8 Å². The van der Waals surface area contributed by atoms with E-state index >= 15 is 0 Å². The number of hydrogen-bond acceptors (Lipinski definition) is 4. The molecule has 6 aromatic rings. The van der Waals surface area contributed by atoms with E-state index < -0.39 is 0 Å². The fourth-order valence-electron chi connectivity index (χ4n) is 7.31. The Morgan fingerprint density at radius 2 is 1.52 bits per heavy atom. The minimum Gasteiger partial charge on any atom is -0.456 e. The number of nitrogens with zero attached hydrogens (tertiary/aromatic N) is 1. The number of allylic oxidation sites excluding steroid dienone is 2. The molecule has 2 aliphatic rings. The zero-order valence-electron chi connectivity index (χ0n) is 25.0. The summed E-state index contributed by atoms with van der Waals surface area (Å²) in [7, 11) is 0. The minimum absolute atomic E-state index is 0.0119. The first-order chi connectivity index (χ1) is 21.4. The van der Waals surface area contributed by atoms with Crippen LogP contribution in [0.25, 0.3) is 49.8 Å². The van der Waals surface area contributed by atoms with Gasteiger partial charge in [-0.2, -0.15) is 0 Å². The zero-order chi connectivity index (χ0) is 30.2. The second kappa shape index (κ2) is 9.58. The molecule has 1 unspecified atom stereocenters. The molecular formula is C40H32N2O2. The molecule has 44 heavy (non-hydrogen) atoms. The van der Waals surface area contributed by atoms with Gasteiger partial charge in [-0.05, 0) is 107 Å². The van der Waals surface area contributed by atoms with Crippen molar-refractivity contribution < 1.29 is 4.42 Å². The van der Waals surface area contributed by atoms with Crippen LogP contribution < -0.4 is 16.1 Å². The van der Waals surface area contributed by atoms with Crippen LogP contribution in [0.5, 0.6) is 0 Å². The van der Waals surface area contributed by atoms with Crippen LogP contribution in [0.3, 0.4) is 0 Å². The van der Waals surface area contributed by atoms with Gasteiger partial charge in [0.05, 0.1) is 16.8 Å². The highest BCUT2D eigenvalue weighted by molar-refractivity contribution is 5.98. The largest absolute Gasteiger partial charge is 0.456 e. The molecule has 0 spiro atoms. The predicted octanol–water partition coefficient (Wildman–Crippen LogP) is 9.32. The van der Waals surface area contributed by atoms with E-state index in [1.165, 1.54) is 39.1 Å². The quantitative estimate of drug-likeness (QED) is 0.215. The Balaban J connectivity index is 1.28. The third-order valence-corrected chi connectivity index (χ3v) is 9.53. The lowest BCUT2D eigenvalue weighted by Crippen LogP contribution is -2.24. The highest BCUT2D eigenvalue weighted by atomic mass is 16.3. The van der Waals surface area contributed by atoms with Gasteiger partial charge in [-0.15, -0.1) is 0 Å². The number of nitrogens with two attached hydrogens (primary N) is 1. The summed E-state index contributed by atoms with van der Waals surface area (Å²) in [6, 6.07) is 35.5. The second-order valence-electron chi connectivity index (χ2n) is 12.3. The molecule has 1 aliphatic carbocycles. The van der Waals surface area contributed by atoms with Gasteiger partial charge in [-0.25, -0.2) is 0 Å². The van der Waals surface area contributed by atoms with Gasteiger partial charge in [-0.3, -0.25) is 4.79 Å². The van der Waals surface area contributed by atoms with E-state index in [0.29, 0.717) is 21.9 Å². The molecule has 4 nitrogen and oxygen atoms in total. The fourth-order valence-corrected chi connectivity index (χ4v) is 7.31. The summed E-state index contributed by atoms with van der Waals surface area (Å²) in [5.41, 5.74) is 19.0. The molecule has 2 heterocycles. The van der Waals surface area contributed by atoms with Crippen LogP contribution >= 0.6 is 0 Å². The van der Waals surface area contributed by atoms with Crippen molar-refractivity contribution in [1.82, 2.24) is 0 Å². The van der Waals surface area contributed by atoms with Gasteiger partial charge < -0.3 is 15.1 Å². The van der Waals surface area contributed by atoms with Crippen LogP contribution in [0.15, 0.2) is 131 Å². The van der Waals surface area contributed by atoms with E-state index in [9.17, 15) is 4.79 Å². The van der Waals surface area contributed by atoms with Crippen LogP contribution in [-0.2, 0) is 5.41 Å². The van der Waals surface area contributed by atoms with Crippen molar-refractivity contribution in [2.45, 2.75) is 32.2 Å². The maximum atomic E-state index is 13.4. The first kappa shape index (κ1) is 26.3. The molecule has 0 saturated heterocycles. The van der Waals surface area contributed by atoms with Crippen molar-refractivity contribution in [2.75, 3.05) is 4.90 Å². The number of fused-ring (bicyclic) bond motifs is 6. The molecule has 1 aromatic heterocycles. The first-order valence-electron chi connectivity index (χ1n) is 15.1. The topological polar surface area (TPSA) is 59.5 Å². The summed E-state index contributed by atoms with van der Waals surface area (Å²) in [6.07, 6.45) is 5.65. The molecule has 0 fully saturated rings. The number of hydrogen-bond donors (Lipinski definition) is 1. The minimum atomic E-state index is -0.0995. The second-order valence-corrected chi connectivity index (χ2v) is 12.3. The third-order valence-electron chi connectivity index (χ3n) is 9.53. The van der Waals surface area contributed by atoms with Crippen molar-refractivity contribution in [1.29, 1.82) is 0 Å². The summed E-state index contributed by atoms with van der Waals surface area (Å²) < 4.78 is 6.07. The number of para-hydroxylation sites is 1. The number of benzene rings is 5. The Morgan fingerprint density at radius 1 is 0.750 bits per heavy atom. The van der Waals surface area contributed by atoms with Crippen LogP contribution in [0.2, 0.25) is 0 Å². The summed E-state index contributed by atoms with van der Waals surface area (Å²) >= 11 is 0. The van der Waals surface area contributed by atoms with Gasteiger partial charge in [0.25, 0.3) is 0 Å². The molecule has 0 saturated carbocycles. The summed E-state index contributed by atoms with van der Waals surface area (Å²) in [5.74, 6) is 0. The predicted molar refractivity (Wildman–Crippen MR) is 182 cm³/mol. The van der Waals surface area contributed by atoms with Crippen LogP contribution in [0.1, 0.15) is 37.5 Å². The Labute approximate surface area is 256 Å². The van der Waals surface area contributed by atoms with Crippen molar-refractivity contribution in [3.63, 3.8) is 0 Å². The number of rotatable bonds is 3. The highest BCUT2D eigenvalue weighted by Gasteiger charge is 2.40. The van der Waals surface area contributed by atoms with Gasteiger partial charge >= 0.3 is 0 Å². The van der Waals surface area contributed by atoms with Gasteiger partial charge in [0.2, 0.25) is 5.43 Å². The third kappa shape index (κ3) is 3.74. The molecule has 214 valence electrons. The SMILES string of the molecule is CC1/C(=C\C=C/N)c2cc3c(cc2N1c1cccc(-c2ccc4oc5ccccc5c(=O)c4c2)c1)C(C)(C)c1ccccc1-3. The van der Waals surface area contributed by atoms with Crippen molar-refractivity contribution >= 4 is 38.9 Å². The van der Waals surface area contributed by atoms with Gasteiger partial charge in [0.1, 0.15) is 11.2 Å². The average molecular weight is 573 g/mol. The van der Waals surface area contributed by atoms with Crippen LogP contribution in [0.4, 0.5) is 11.4 Å². The van der Waals surface area contributed by atoms with Gasteiger partial charge in [-0.1, -0.05) is 74.5 Å². The molecule has 2 N–H and O–H groups in total. The van der Waals surface area contributed by atoms with Crippen LogP contribution in [0, 0.1) is 0 Å². The lowest BCUT2D eigenvalue weighted by Gasteiger charge is -2.27. The standard InChI is InChI=1S/C40H32N2O2/c1-24-28(14-9-19-41)32-22-31-29-12-4-6-15-34(29)40(2,3)35(31)23-36(32)42(24)27-11-8-10-25(20-27)26-17-18-38-33(21-26)39(43)30-13-5-7-16-37(30)44-38/h4-24H,41H2,1-3H3/b19-9-,28-14+. The fraction of sp³-hybridized carbons (Fsp3) is 0.125. The molecular weight excluding hydrogens is 540 g/mol. The van der Waals surface area contributed by atoms with E-state index in [-0.39, 0.29) is 16.9 Å². The van der Waals surface area contributed by atoms with E-state index in [1.54, 1.807) is 6.20 Å². The van der Waals surface area contributed by atoms with Crippen molar-refractivity contribution in [3.8, 4) is 22.3 Å². The molecule has 5 aromatic carbocycles. The Morgan fingerprint density at radius 3 is 2.39 bits per heavy atom. The Kier molecular flexibility index (Phi) is 5.73. The lowest BCUT2D eigenvalue weighted by molar-refractivity contribution is 0.660. The van der Waals surface area contributed by atoms with Crippen molar-refractivity contribution in [3.05, 3.63) is 148 Å². The molecule has 0 amide bonds. The Hall–Kier alpha value is -5.35. The summed E-state index contributed by atoms with van der Waals surface area (Å²) in [6.45, 7) is 6.89. The molecule has 1 aliphatic heterocycles. The maximum Gasteiger partial charge on any atom is 0.200 e. The molecule has 8 rings (SSSR count). The summed E-state index contributed by atoms with van der Waals surface area (Å²) in [5, 5.41) is 1.18. The summed E-state index contributed by atoms with van der Waals surface area (Å²) in [4.78, 5) is 15.8. The maximum absolute atomic E-state index is 13.4. The molecule has 1 atom stereocenters. The van der Waals surface area contributed by atoms with E-state index in [1.807, 2.05) is 48.5 Å². The Bertz CT molecular complexity index is 2270. The lowest BCUT2D eigenvalue weighted by atomic mass is 9.82.